The largest absolute Gasteiger partial charge is 0.447 e. The predicted octanol–water partition coefficient (Wildman–Crippen LogP) is 2.49. The highest BCUT2D eigenvalue weighted by molar-refractivity contribution is 7.99. The lowest BCUT2D eigenvalue weighted by molar-refractivity contribution is -0.381. The zero-order valence-electron chi connectivity index (χ0n) is 8.00. The SMILES string of the molecule is O=C1C2CCSc3c(F)c(F)cc(c32)[N+]1=O. The van der Waals surface area contributed by atoms with Crippen molar-refractivity contribution in [3.05, 3.63) is 28.2 Å². The molecule has 0 saturated heterocycles. The molecule has 0 saturated carbocycles. The standard InChI is InChI=1S/C10H6F2NO2S/c11-5-3-6-7-4(10(14)13(6)15)1-2-16-9(7)8(5)12/h3-4H,1-2H2/q+1. The number of rotatable bonds is 0. The molecule has 1 aromatic rings. The number of hydrogen-bond donors (Lipinski definition) is 0. The summed E-state index contributed by atoms with van der Waals surface area (Å²) >= 11 is 1.16. The molecule has 6 heteroatoms. The van der Waals surface area contributed by atoms with Crippen molar-refractivity contribution in [2.24, 2.45) is 0 Å². The topological polar surface area (TPSA) is 37.1 Å². The van der Waals surface area contributed by atoms with Gasteiger partial charge in [0.2, 0.25) is 0 Å². The van der Waals surface area contributed by atoms with Crippen LogP contribution in [-0.4, -0.2) is 16.4 Å². The number of nitrogens with zero attached hydrogens (tertiary/aromatic N) is 1. The van der Waals surface area contributed by atoms with Crippen molar-refractivity contribution in [2.75, 3.05) is 5.75 Å². The van der Waals surface area contributed by atoms with Gasteiger partial charge < -0.3 is 0 Å². The van der Waals surface area contributed by atoms with Crippen molar-refractivity contribution >= 4 is 23.4 Å². The van der Waals surface area contributed by atoms with Crippen molar-refractivity contribution in [1.82, 2.24) is 0 Å². The Morgan fingerprint density at radius 1 is 1.44 bits per heavy atom. The van der Waals surface area contributed by atoms with E-state index in [1.165, 1.54) is 0 Å². The fraction of sp³-hybridized carbons (Fsp3) is 0.300. The first-order valence-electron chi connectivity index (χ1n) is 4.77. The van der Waals surface area contributed by atoms with E-state index in [0.717, 1.165) is 17.8 Å². The molecular formula is C10H6F2NO2S+. The molecule has 1 aromatic carbocycles. The van der Waals surface area contributed by atoms with Gasteiger partial charge in [0.25, 0.3) is 5.69 Å². The Morgan fingerprint density at radius 3 is 2.94 bits per heavy atom. The van der Waals surface area contributed by atoms with Crippen LogP contribution in [0.3, 0.4) is 0 Å². The minimum absolute atomic E-state index is 0.0314. The molecule has 3 nitrogen and oxygen atoms in total. The second-order valence-corrected chi connectivity index (χ2v) is 4.86. The van der Waals surface area contributed by atoms with Crippen LogP contribution in [0.1, 0.15) is 17.9 Å². The lowest BCUT2D eigenvalue weighted by Crippen LogP contribution is -2.15. The first-order valence-corrected chi connectivity index (χ1v) is 5.75. The Morgan fingerprint density at radius 2 is 2.19 bits per heavy atom. The smallest absolute Gasteiger partial charge is 0.214 e. The first kappa shape index (κ1) is 9.89. The Hall–Kier alpha value is -1.30. The van der Waals surface area contributed by atoms with Crippen LogP contribution in [0.2, 0.25) is 0 Å². The van der Waals surface area contributed by atoms with Crippen LogP contribution in [0.15, 0.2) is 11.0 Å². The first-order chi connectivity index (χ1) is 7.61. The van der Waals surface area contributed by atoms with Gasteiger partial charge in [-0.25, -0.2) is 13.6 Å². The van der Waals surface area contributed by atoms with Gasteiger partial charge in [0.05, 0.1) is 16.5 Å². The number of amides is 1. The summed E-state index contributed by atoms with van der Waals surface area (Å²) in [6, 6.07) is 0.810. The second kappa shape index (κ2) is 3.10. The summed E-state index contributed by atoms with van der Waals surface area (Å²) in [5.74, 6) is -2.69. The van der Waals surface area contributed by atoms with Gasteiger partial charge in [0, 0.05) is 4.91 Å². The number of hydrogen-bond acceptors (Lipinski definition) is 3. The molecule has 16 heavy (non-hydrogen) atoms. The van der Waals surface area contributed by atoms with E-state index < -0.39 is 23.5 Å². The fourth-order valence-corrected chi connectivity index (χ4v) is 3.36. The van der Waals surface area contributed by atoms with Crippen LogP contribution >= 0.6 is 11.8 Å². The number of thioether (sulfide) groups is 1. The van der Waals surface area contributed by atoms with E-state index in [-0.39, 0.29) is 15.3 Å². The molecule has 0 aliphatic carbocycles. The van der Waals surface area contributed by atoms with Crippen LogP contribution < -0.4 is 0 Å². The molecule has 0 N–H and O–H groups in total. The minimum Gasteiger partial charge on any atom is -0.214 e. The molecule has 0 fully saturated rings. The maximum atomic E-state index is 13.5. The summed E-state index contributed by atoms with van der Waals surface area (Å²) in [6.07, 6.45) is 0.507. The fourth-order valence-electron chi connectivity index (χ4n) is 2.18. The number of halogens is 2. The van der Waals surface area contributed by atoms with E-state index in [1.807, 2.05) is 0 Å². The van der Waals surface area contributed by atoms with E-state index in [4.69, 9.17) is 0 Å². The van der Waals surface area contributed by atoms with Crippen LogP contribution in [0.25, 0.3) is 0 Å². The van der Waals surface area contributed by atoms with Crippen molar-refractivity contribution in [3.8, 4) is 0 Å². The lowest BCUT2D eigenvalue weighted by Gasteiger charge is -2.15. The summed E-state index contributed by atoms with van der Waals surface area (Å²) in [7, 11) is 0. The third-order valence-corrected chi connectivity index (χ3v) is 4.04. The molecule has 0 radical (unpaired) electrons. The van der Waals surface area contributed by atoms with Gasteiger partial charge in [-0.1, -0.05) is 0 Å². The highest BCUT2D eigenvalue weighted by atomic mass is 32.2. The van der Waals surface area contributed by atoms with Gasteiger partial charge in [-0.2, -0.15) is 0 Å². The number of carbonyl (C=O) groups excluding carboxylic acids is 1. The van der Waals surface area contributed by atoms with Crippen LogP contribution in [0.4, 0.5) is 14.5 Å². The maximum Gasteiger partial charge on any atom is 0.447 e. The monoisotopic (exact) mass is 242 g/mol. The third kappa shape index (κ3) is 1.05. The van der Waals surface area contributed by atoms with E-state index in [2.05, 4.69) is 0 Å². The predicted molar refractivity (Wildman–Crippen MR) is 52.7 cm³/mol. The Balaban J connectivity index is 2.37. The summed E-state index contributed by atoms with van der Waals surface area (Å²) in [6.45, 7) is 0. The van der Waals surface area contributed by atoms with E-state index in [9.17, 15) is 18.5 Å². The second-order valence-electron chi connectivity index (χ2n) is 3.76. The molecule has 2 aliphatic rings. The van der Waals surface area contributed by atoms with Crippen molar-refractivity contribution in [3.63, 3.8) is 0 Å². The van der Waals surface area contributed by atoms with Gasteiger partial charge in [0.1, 0.15) is 10.7 Å². The maximum absolute atomic E-state index is 13.5. The highest BCUT2D eigenvalue weighted by Crippen LogP contribution is 2.49. The van der Waals surface area contributed by atoms with Gasteiger partial charge in [-0.15, -0.1) is 11.8 Å². The molecule has 1 amide bonds. The summed E-state index contributed by atoms with van der Waals surface area (Å²) in [4.78, 5) is 23.2. The third-order valence-electron chi connectivity index (χ3n) is 2.91. The van der Waals surface area contributed by atoms with Gasteiger partial charge in [-0.05, 0) is 12.2 Å². The minimum atomic E-state index is -1.07. The number of carbonyl (C=O) groups is 1. The zero-order chi connectivity index (χ0) is 11.4. The molecular weight excluding hydrogens is 236 g/mol. The molecule has 3 rings (SSSR count). The number of benzene rings is 1. The molecule has 2 aliphatic heterocycles. The van der Waals surface area contributed by atoms with Gasteiger partial charge in [0.15, 0.2) is 11.6 Å². The molecule has 0 spiro atoms. The van der Waals surface area contributed by atoms with Crippen molar-refractivity contribution in [2.45, 2.75) is 17.2 Å². The Kier molecular flexibility index (Phi) is 1.92. The van der Waals surface area contributed by atoms with E-state index in [1.54, 1.807) is 0 Å². The molecule has 1 unspecified atom stereocenters. The molecule has 1 atom stereocenters. The van der Waals surface area contributed by atoms with Crippen LogP contribution in [0.5, 0.6) is 0 Å². The van der Waals surface area contributed by atoms with Crippen LogP contribution in [0, 0.1) is 16.5 Å². The lowest BCUT2D eigenvalue weighted by atomic mass is 9.97. The molecule has 2 heterocycles. The highest BCUT2D eigenvalue weighted by Gasteiger charge is 2.51. The zero-order valence-corrected chi connectivity index (χ0v) is 8.81. The van der Waals surface area contributed by atoms with E-state index in [0.29, 0.717) is 17.7 Å². The Labute approximate surface area is 93.4 Å². The van der Waals surface area contributed by atoms with Crippen LogP contribution in [-0.2, 0) is 4.79 Å². The number of nitroso groups, excluding NO2 is 1. The Bertz CT molecular complexity index is 544. The van der Waals surface area contributed by atoms with E-state index >= 15 is 0 Å². The average molecular weight is 242 g/mol. The summed E-state index contributed by atoms with van der Waals surface area (Å²) < 4.78 is 26.9. The average Bonchev–Trinajstić information content (AvgIpc) is 2.53. The molecule has 0 bridgehead atoms. The molecule has 0 aromatic heterocycles. The summed E-state index contributed by atoms with van der Waals surface area (Å²) in [5, 5.41) is 0. The quantitative estimate of drug-likeness (QED) is 0.656. The van der Waals surface area contributed by atoms with Crippen molar-refractivity contribution in [1.29, 1.82) is 0 Å². The van der Waals surface area contributed by atoms with Crippen molar-refractivity contribution < 1.29 is 18.3 Å². The van der Waals surface area contributed by atoms with Gasteiger partial charge in [-0.3, -0.25) is 0 Å². The normalized spacial score (nSPS) is 22.5. The summed E-state index contributed by atoms with van der Waals surface area (Å²) in [5.41, 5.74) is 0.339. The molecule has 82 valence electrons. The van der Waals surface area contributed by atoms with Gasteiger partial charge >= 0.3 is 5.91 Å².